The van der Waals surface area contributed by atoms with Crippen LogP contribution in [-0.4, -0.2) is 33.1 Å². The Morgan fingerprint density at radius 2 is 2.53 bits per heavy atom. The van der Waals surface area contributed by atoms with E-state index in [4.69, 9.17) is 0 Å². The molecule has 1 aromatic heterocycles. The third-order valence-corrected chi connectivity index (χ3v) is 4.38. The Hall–Kier alpha value is -0.480. The summed E-state index contributed by atoms with van der Waals surface area (Å²) in [7, 11) is 2.05. The lowest BCUT2D eigenvalue weighted by Crippen LogP contribution is -2.35. The molecular weight excluding hydrogens is 206 g/mol. The van der Waals surface area contributed by atoms with Crippen LogP contribution in [0.2, 0.25) is 0 Å². The van der Waals surface area contributed by atoms with E-state index in [2.05, 4.69) is 40.6 Å². The number of rotatable bonds is 4. The Kier molecular flexibility index (Phi) is 3.70. The summed E-state index contributed by atoms with van der Waals surface area (Å²) in [5, 5.41) is 4.39. The molecule has 1 aliphatic rings. The van der Waals surface area contributed by atoms with Crippen molar-refractivity contribution in [2.75, 3.05) is 12.3 Å². The van der Waals surface area contributed by atoms with Crippen molar-refractivity contribution in [1.29, 1.82) is 0 Å². The smallest absolute Gasteiger partial charge is 0.109 e. The molecule has 0 saturated carbocycles. The molecule has 0 aliphatic carbocycles. The number of nitrogens with one attached hydrogen (secondary N) is 1. The van der Waals surface area contributed by atoms with Gasteiger partial charge in [0.1, 0.15) is 5.82 Å². The van der Waals surface area contributed by atoms with Gasteiger partial charge in [0, 0.05) is 43.7 Å². The normalized spacial score (nSPS) is 26.0. The van der Waals surface area contributed by atoms with Crippen molar-refractivity contribution in [3.05, 3.63) is 18.2 Å². The number of imidazole rings is 1. The molecule has 2 atom stereocenters. The standard InChI is InChI=1S/C11H19N3S/c1-9-10(4-8-15-9)12-5-3-11-13-6-7-14(11)2/h6-7,9-10,12H,3-5,8H2,1-2H3. The van der Waals surface area contributed by atoms with Gasteiger partial charge in [-0.15, -0.1) is 0 Å². The first-order chi connectivity index (χ1) is 7.27. The number of nitrogens with zero attached hydrogens (tertiary/aromatic N) is 2. The van der Waals surface area contributed by atoms with Crippen LogP contribution in [0.15, 0.2) is 12.4 Å². The van der Waals surface area contributed by atoms with Gasteiger partial charge in [0.05, 0.1) is 0 Å². The molecular formula is C11H19N3S. The van der Waals surface area contributed by atoms with E-state index >= 15 is 0 Å². The van der Waals surface area contributed by atoms with Crippen LogP contribution in [0.1, 0.15) is 19.2 Å². The van der Waals surface area contributed by atoms with Gasteiger partial charge in [0.25, 0.3) is 0 Å². The van der Waals surface area contributed by atoms with Crippen LogP contribution in [0.3, 0.4) is 0 Å². The van der Waals surface area contributed by atoms with E-state index in [1.807, 2.05) is 12.4 Å². The van der Waals surface area contributed by atoms with E-state index in [0.29, 0.717) is 6.04 Å². The summed E-state index contributed by atoms with van der Waals surface area (Å²) in [5.74, 6) is 2.47. The summed E-state index contributed by atoms with van der Waals surface area (Å²) < 4.78 is 2.09. The van der Waals surface area contributed by atoms with Crippen LogP contribution in [-0.2, 0) is 13.5 Å². The third-order valence-electron chi connectivity index (χ3n) is 3.05. The quantitative estimate of drug-likeness (QED) is 0.841. The molecule has 2 unspecified atom stereocenters. The average Bonchev–Trinajstić information content (AvgIpc) is 2.78. The predicted molar refractivity (Wildman–Crippen MR) is 65.2 cm³/mol. The monoisotopic (exact) mass is 225 g/mol. The van der Waals surface area contributed by atoms with E-state index in [9.17, 15) is 0 Å². The summed E-state index contributed by atoms with van der Waals surface area (Å²) >= 11 is 2.07. The van der Waals surface area contributed by atoms with Crippen molar-refractivity contribution in [3.8, 4) is 0 Å². The van der Waals surface area contributed by atoms with Crippen molar-refractivity contribution in [1.82, 2.24) is 14.9 Å². The highest BCUT2D eigenvalue weighted by Gasteiger charge is 2.22. The Labute approximate surface area is 95.7 Å². The molecule has 1 aliphatic heterocycles. The Morgan fingerprint density at radius 3 is 3.13 bits per heavy atom. The molecule has 2 heterocycles. The highest BCUT2D eigenvalue weighted by molar-refractivity contribution is 8.00. The lowest BCUT2D eigenvalue weighted by molar-refractivity contribution is 0.510. The summed E-state index contributed by atoms with van der Waals surface area (Å²) in [6, 6.07) is 0.704. The van der Waals surface area contributed by atoms with Crippen molar-refractivity contribution in [3.63, 3.8) is 0 Å². The highest BCUT2D eigenvalue weighted by atomic mass is 32.2. The molecule has 0 aromatic carbocycles. The minimum absolute atomic E-state index is 0.704. The second-order valence-electron chi connectivity index (χ2n) is 4.13. The van der Waals surface area contributed by atoms with Gasteiger partial charge in [0.2, 0.25) is 0 Å². The molecule has 0 bridgehead atoms. The molecule has 0 spiro atoms. The number of aryl methyl sites for hydroxylation is 1. The maximum atomic E-state index is 4.32. The lowest BCUT2D eigenvalue weighted by atomic mass is 10.1. The average molecular weight is 225 g/mol. The van der Waals surface area contributed by atoms with E-state index in [0.717, 1.165) is 18.2 Å². The topological polar surface area (TPSA) is 29.9 Å². The molecule has 15 heavy (non-hydrogen) atoms. The fourth-order valence-corrected chi connectivity index (χ4v) is 3.23. The minimum Gasteiger partial charge on any atom is -0.338 e. The van der Waals surface area contributed by atoms with Gasteiger partial charge >= 0.3 is 0 Å². The van der Waals surface area contributed by atoms with Crippen LogP contribution in [0.5, 0.6) is 0 Å². The summed E-state index contributed by atoms with van der Waals surface area (Å²) in [5.41, 5.74) is 0. The van der Waals surface area contributed by atoms with E-state index < -0.39 is 0 Å². The third kappa shape index (κ3) is 2.75. The maximum Gasteiger partial charge on any atom is 0.109 e. The van der Waals surface area contributed by atoms with Gasteiger partial charge in [-0.05, 0) is 12.2 Å². The fourth-order valence-electron chi connectivity index (χ4n) is 2.01. The highest BCUT2D eigenvalue weighted by Crippen LogP contribution is 2.25. The van der Waals surface area contributed by atoms with Crippen molar-refractivity contribution < 1.29 is 0 Å². The molecule has 84 valence electrons. The molecule has 1 aromatic rings. The first-order valence-corrected chi connectivity index (χ1v) is 6.63. The second-order valence-corrected chi connectivity index (χ2v) is 5.61. The Balaban J connectivity index is 1.73. The molecule has 2 rings (SSSR count). The van der Waals surface area contributed by atoms with Gasteiger partial charge in [-0.25, -0.2) is 4.98 Å². The molecule has 0 radical (unpaired) electrons. The SMILES string of the molecule is CC1SCCC1NCCc1nccn1C. The van der Waals surface area contributed by atoms with E-state index in [1.54, 1.807) is 0 Å². The molecule has 1 saturated heterocycles. The Morgan fingerprint density at radius 1 is 1.67 bits per heavy atom. The largest absolute Gasteiger partial charge is 0.338 e. The van der Waals surface area contributed by atoms with Crippen molar-refractivity contribution in [2.45, 2.75) is 31.1 Å². The van der Waals surface area contributed by atoms with Crippen LogP contribution < -0.4 is 5.32 Å². The molecule has 4 heteroatoms. The summed E-state index contributed by atoms with van der Waals surface area (Å²) in [6.07, 6.45) is 6.20. The van der Waals surface area contributed by atoms with E-state index in [1.165, 1.54) is 18.0 Å². The van der Waals surface area contributed by atoms with Crippen LogP contribution in [0, 0.1) is 0 Å². The molecule has 1 fully saturated rings. The zero-order valence-corrected chi connectivity index (χ0v) is 10.3. The summed E-state index contributed by atoms with van der Waals surface area (Å²) in [6.45, 7) is 3.36. The van der Waals surface area contributed by atoms with Crippen LogP contribution >= 0.6 is 11.8 Å². The van der Waals surface area contributed by atoms with Crippen molar-refractivity contribution >= 4 is 11.8 Å². The first-order valence-electron chi connectivity index (χ1n) is 5.58. The molecule has 1 N–H and O–H groups in total. The van der Waals surface area contributed by atoms with Gasteiger partial charge in [-0.2, -0.15) is 11.8 Å². The van der Waals surface area contributed by atoms with Gasteiger partial charge < -0.3 is 9.88 Å². The fraction of sp³-hybridized carbons (Fsp3) is 0.727. The number of hydrogen-bond acceptors (Lipinski definition) is 3. The molecule has 0 amide bonds. The second kappa shape index (κ2) is 5.03. The van der Waals surface area contributed by atoms with Gasteiger partial charge in [0.15, 0.2) is 0 Å². The van der Waals surface area contributed by atoms with Gasteiger partial charge in [-0.3, -0.25) is 0 Å². The van der Waals surface area contributed by atoms with Crippen molar-refractivity contribution in [2.24, 2.45) is 7.05 Å². The number of thioether (sulfide) groups is 1. The number of aromatic nitrogens is 2. The lowest BCUT2D eigenvalue weighted by Gasteiger charge is -2.16. The van der Waals surface area contributed by atoms with Crippen LogP contribution in [0.25, 0.3) is 0 Å². The van der Waals surface area contributed by atoms with E-state index in [-0.39, 0.29) is 0 Å². The minimum atomic E-state index is 0.704. The zero-order chi connectivity index (χ0) is 10.7. The predicted octanol–water partition coefficient (Wildman–Crippen LogP) is 1.45. The number of hydrogen-bond donors (Lipinski definition) is 1. The summed E-state index contributed by atoms with van der Waals surface area (Å²) in [4.78, 5) is 4.32. The van der Waals surface area contributed by atoms with Gasteiger partial charge in [-0.1, -0.05) is 6.92 Å². The maximum absolute atomic E-state index is 4.32. The Bertz CT molecular complexity index is 311. The molecule has 3 nitrogen and oxygen atoms in total. The van der Waals surface area contributed by atoms with Crippen LogP contribution in [0.4, 0.5) is 0 Å². The first kappa shape index (κ1) is 11.0. The zero-order valence-electron chi connectivity index (χ0n) is 9.44.